The molecule has 4 rings (SSSR count). The number of hydrogen-bond acceptors (Lipinski definition) is 3. The number of urea groups is 1. The number of rotatable bonds is 3. The molecule has 0 saturated carbocycles. The summed E-state index contributed by atoms with van der Waals surface area (Å²) in [4.78, 5) is 14.3. The molecule has 3 heterocycles. The largest absolute Gasteiger partial charge is 0.332 e. The number of aromatic nitrogens is 4. The van der Waals surface area contributed by atoms with Gasteiger partial charge in [0.1, 0.15) is 0 Å². The van der Waals surface area contributed by atoms with Crippen LogP contribution in [-0.2, 0) is 19.4 Å². The van der Waals surface area contributed by atoms with Gasteiger partial charge in [-0.3, -0.25) is 9.78 Å². The molecule has 2 aromatic rings. The first-order chi connectivity index (χ1) is 11.6. The van der Waals surface area contributed by atoms with Crippen LogP contribution in [0.15, 0.2) is 6.07 Å². The molecule has 0 unspecified atom stereocenters. The van der Waals surface area contributed by atoms with E-state index in [0.717, 1.165) is 42.9 Å². The highest BCUT2D eigenvalue weighted by molar-refractivity contribution is 5.74. The Labute approximate surface area is 141 Å². The molecule has 1 fully saturated rings. The van der Waals surface area contributed by atoms with Crippen molar-refractivity contribution in [2.24, 2.45) is 0 Å². The van der Waals surface area contributed by atoms with Gasteiger partial charge in [0.15, 0.2) is 0 Å². The smallest absolute Gasteiger partial charge is 0.317 e. The number of carbonyl (C=O) groups excluding carboxylic acids is 1. The second-order valence-electron chi connectivity index (χ2n) is 6.90. The molecule has 7 nitrogen and oxygen atoms in total. The minimum Gasteiger partial charge on any atom is -0.332 e. The van der Waals surface area contributed by atoms with E-state index in [4.69, 9.17) is 0 Å². The minimum atomic E-state index is -0.00576. The lowest BCUT2D eigenvalue weighted by Crippen LogP contribution is -2.38. The number of fused-ring (bicyclic) bond motifs is 1. The second kappa shape index (κ2) is 5.96. The quantitative estimate of drug-likeness (QED) is 0.903. The van der Waals surface area contributed by atoms with E-state index >= 15 is 0 Å². The van der Waals surface area contributed by atoms with Crippen molar-refractivity contribution >= 4 is 6.03 Å². The molecule has 1 atom stereocenters. The minimum absolute atomic E-state index is 0.00576. The van der Waals surface area contributed by atoms with Gasteiger partial charge in [0.25, 0.3) is 0 Å². The lowest BCUT2D eigenvalue weighted by molar-refractivity contribution is 0.206. The van der Waals surface area contributed by atoms with Crippen molar-refractivity contribution in [3.05, 3.63) is 34.4 Å². The van der Waals surface area contributed by atoms with Gasteiger partial charge < -0.3 is 10.2 Å². The highest BCUT2D eigenvalue weighted by Crippen LogP contribution is 2.24. The third-order valence-electron chi connectivity index (χ3n) is 5.14. The number of nitrogens with one attached hydrogen (secondary N) is 2. The summed E-state index contributed by atoms with van der Waals surface area (Å²) in [6, 6.07) is 2.36. The first-order valence-corrected chi connectivity index (χ1v) is 8.72. The van der Waals surface area contributed by atoms with Crippen molar-refractivity contribution in [2.45, 2.75) is 52.1 Å². The Morgan fingerprint density at radius 1 is 1.42 bits per heavy atom. The summed E-state index contributed by atoms with van der Waals surface area (Å²) in [6.07, 6.45) is 4.28. The van der Waals surface area contributed by atoms with Crippen molar-refractivity contribution < 1.29 is 4.79 Å². The summed E-state index contributed by atoms with van der Waals surface area (Å²) in [5, 5.41) is 15.0. The Balaban J connectivity index is 1.35. The maximum atomic E-state index is 12.5. The third-order valence-corrected chi connectivity index (χ3v) is 5.14. The van der Waals surface area contributed by atoms with E-state index in [2.05, 4.69) is 38.3 Å². The zero-order chi connectivity index (χ0) is 16.7. The molecular formula is C17H24N6O. The molecule has 2 amide bonds. The molecule has 7 heteroatoms. The standard InChI is InChI=1S/C17H24N6O/c1-11-8-12(2)23(21-11)13-6-7-22(10-13)17(24)18-9-16-14-4-3-5-15(14)19-20-16/h8,13H,3-7,9-10H2,1-2H3,(H,18,24)(H,19,20)/t13-/m0/s1. The van der Waals surface area contributed by atoms with Crippen molar-refractivity contribution in [1.29, 1.82) is 0 Å². The van der Waals surface area contributed by atoms with Gasteiger partial charge in [0.05, 0.1) is 24.0 Å². The zero-order valence-corrected chi connectivity index (χ0v) is 14.3. The Bertz CT molecular complexity index is 761. The average molecular weight is 328 g/mol. The first kappa shape index (κ1) is 15.2. The number of hydrogen-bond donors (Lipinski definition) is 2. The van der Waals surface area contributed by atoms with E-state index in [0.29, 0.717) is 13.1 Å². The predicted octanol–water partition coefficient (Wildman–Crippen LogP) is 1.87. The van der Waals surface area contributed by atoms with Gasteiger partial charge >= 0.3 is 6.03 Å². The molecule has 24 heavy (non-hydrogen) atoms. The van der Waals surface area contributed by atoms with Gasteiger partial charge in [0.2, 0.25) is 0 Å². The molecule has 0 aromatic carbocycles. The van der Waals surface area contributed by atoms with Crippen LogP contribution in [0.1, 0.15) is 47.2 Å². The zero-order valence-electron chi connectivity index (χ0n) is 14.3. The van der Waals surface area contributed by atoms with Gasteiger partial charge in [-0.05, 0) is 51.2 Å². The van der Waals surface area contributed by atoms with Crippen LogP contribution in [0, 0.1) is 13.8 Å². The van der Waals surface area contributed by atoms with Crippen molar-refractivity contribution in [3.8, 4) is 0 Å². The van der Waals surface area contributed by atoms with Gasteiger partial charge in [-0.2, -0.15) is 10.2 Å². The Kier molecular flexibility index (Phi) is 3.78. The molecule has 1 saturated heterocycles. The highest BCUT2D eigenvalue weighted by Gasteiger charge is 2.29. The van der Waals surface area contributed by atoms with Gasteiger partial charge in [-0.1, -0.05) is 0 Å². The summed E-state index contributed by atoms with van der Waals surface area (Å²) in [6.45, 7) is 6.07. The van der Waals surface area contributed by atoms with Gasteiger partial charge in [-0.15, -0.1) is 0 Å². The maximum Gasteiger partial charge on any atom is 0.317 e. The van der Waals surface area contributed by atoms with Crippen LogP contribution in [0.5, 0.6) is 0 Å². The van der Waals surface area contributed by atoms with Crippen molar-refractivity contribution in [1.82, 2.24) is 30.2 Å². The molecule has 2 aromatic heterocycles. The summed E-state index contributed by atoms with van der Waals surface area (Å²) < 4.78 is 2.06. The predicted molar refractivity (Wildman–Crippen MR) is 89.8 cm³/mol. The highest BCUT2D eigenvalue weighted by atomic mass is 16.2. The topological polar surface area (TPSA) is 78.8 Å². The Morgan fingerprint density at radius 2 is 2.29 bits per heavy atom. The number of likely N-dealkylation sites (tertiary alicyclic amines) is 1. The first-order valence-electron chi connectivity index (χ1n) is 8.72. The van der Waals surface area contributed by atoms with E-state index in [9.17, 15) is 4.79 Å². The maximum absolute atomic E-state index is 12.5. The SMILES string of the molecule is Cc1cc(C)n([C@H]2CCN(C(=O)NCc3n[nH]c4c3CCC4)C2)n1. The van der Waals surface area contributed by atoms with Crippen LogP contribution in [0.4, 0.5) is 4.79 Å². The normalized spacial score (nSPS) is 19.8. The monoisotopic (exact) mass is 328 g/mol. The molecule has 2 aliphatic rings. The lowest BCUT2D eigenvalue weighted by atomic mass is 10.2. The summed E-state index contributed by atoms with van der Waals surface area (Å²) in [7, 11) is 0. The number of aromatic amines is 1. The summed E-state index contributed by atoms with van der Waals surface area (Å²) in [5.74, 6) is 0. The van der Waals surface area contributed by atoms with Gasteiger partial charge in [0, 0.05) is 24.5 Å². The van der Waals surface area contributed by atoms with Crippen LogP contribution >= 0.6 is 0 Å². The number of nitrogens with zero attached hydrogens (tertiary/aromatic N) is 4. The molecule has 0 radical (unpaired) electrons. The second-order valence-corrected chi connectivity index (χ2v) is 6.90. The fourth-order valence-electron chi connectivity index (χ4n) is 3.95. The summed E-state index contributed by atoms with van der Waals surface area (Å²) in [5.41, 5.74) is 5.72. The number of amides is 2. The van der Waals surface area contributed by atoms with E-state index < -0.39 is 0 Å². The van der Waals surface area contributed by atoms with Crippen molar-refractivity contribution in [2.75, 3.05) is 13.1 Å². The van der Waals surface area contributed by atoms with Crippen molar-refractivity contribution in [3.63, 3.8) is 0 Å². The van der Waals surface area contributed by atoms with E-state index in [-0.39, 0.29) is 12.1 Å². The fraction of sp³-hybridized carbons (Fsp3) is 0.588. The van der Waals surface area contributed by atoms with Crippen LogP contribution < -0.4 is 5.32 Å². The lowest BCUT2D eigenvalue weighted by Gasteiger charge is -2.18. The van der Waals surface area contributed by atoms with Crippen LogP contribution in [0.3, 0.4) is 0 Å². The van der Waals surface area contributed by atoms with E-state index in [1.807, 2.05) is 11.8 Å². The van der Waals surface area contributed by atoms with Crippen LogP contribution in [0.2, 0.25) is 0 Å². The van der Waals surface area contributed by atoms with Gasteiger partial charge in [-0.25, -0.2) is 4.79 Å². The molecule has 2 N–H and O–H groups in total. The van der Waals surface area contributed by atoms with E-state index in [1.165, 1.54) is 17.7 Å². The Morgan fingerprint density at radius 3 is 3.08 bits per heavy atom. The molecule has 0 bridgehead atoms. The average Bonchev–Trinajstić information content (AvgIpc) is 3.28. The number of H-pyrrole nitrogens is 1. The van der Waals surface area contributed by atoms with E-state index in [1.54, 1.807) is 0 Å². The molecule has 128 valence electrons. The molecule has 1 aliphatic heterocycles. The summed E-state index contributed by atoms with van der Waals surface area (Å²) >= 11 is 0. The third kappa shape index (κ3) is 2.68. The molecule has 0 spiro atoms. The molecular weight excluding hydrogens is 304 g/mol. The Hall–Kier alpha value is -2.31. The number of aryl methyl sites for hydroxylation is 3. The fourth-order valence-corrected chi connectivity index (χ4v) is 3.95. The van der Waals surface area contributed by atoms with Crippen LogP contribution in [-0.4, -0.2) is 44.0 Å². The van der Waals surface area contributed by atoms with Crippen LogP contribution in [0.25, 0.3) is 0 Å². The number of carbonyl (C=O) groups is 1. The molecule has 1 aliphatic carbocycles.